The van der Waals surface area contributed by atoms with E-state index in [0.717, 1.165) is 18.8 Å². The molecule has 0 N–H and O–H groups in total. The lowest BCUT2D eigenvalue weighted by molar-refractivity contribution is -0.138. The van der Waals surface area contributed by atoms with Crippen LogP contribution in [0.25, 0.3) is 0 Å². The predicted octanol–water partition coefficient (Wildman–Crippen LogP) is 2.54. The highest BCUT2D eigenvalue weighted by molar-refractivity contribution is 6.00. The fraction of sp³-hybridized carbons (Fsp3) is 0.556. The number of hydrogen-bond donors (Lipinski definition) is 0. The summed E-state index contributed by atoms with van der Waals surface area (Å²) in [6.07, 6.45) is 1.52. The van der Waals surface area contributed by atoms with Gasteiger partial charge in [0.15, 0.2) is 0 Å². The molecule has 4 heteroatoms. The van der Waals surface area contributed by atoms with Crippen LogP contribution in [0.4, 0.5) is 5.69 Å². The van der Waals surface area contributed by atoms with Gasteiger partial charge in [0.05, 0.1) is 5.92 Å². The molecule has 1 aromatic rings. The fourth-order valence-electron chi connectivity index (χ4n) is 3.83. The van der Waals surface area contributed by atoms with Crippen molar-refractivity contribution in [1.29, 1.82) is 0 Å². The Morgan fingerprint density at radius 2 is 1.68 bits per heavy atom. The maximum absolute atomic E-state index is 12.8. The Bertz CT molecular complexity index is 547. The molecule has 2 aliphatic rings. The summed E-state index contributed by atoms with van der Waals surface area (Å²) in [5, 5.41) is 0. The number of benzene rings is 1. The van der Waals surface area contributed by atoms with Crippen LogP contribution in [0.15, 0.2) is 30.3 Å². The topological polar surface area (TPSA) is 40.6 Å². The van der Waals surface area contributed by atoms with E-state index in [1.54, 1.807) is 4.90 Å². The number of hydrogen-bond acceptors (Lipinski definition) is 2. The zero-order chi connectivity index (χ0) is 15.7. The van der Waals surface area contributed by atoms with E-state index in [4.69, 9.17) is 0 Å². The van der Waals surface area contributed by atoms with Crippen LogP contribution in [-0.4, -0.2) is 36.3 Å². The van der Waals surface area contributed by atoms with Crippen LogP contribution in [0.2, 0.25) is 0 Å². The second-order valence-electron chi connectivity index (χ2n) is 6.93. The van der Waals surface area contributed by atoms with Gasteiger partial charge in [-0.1, -0.05) is 32.0 Å². The molecule has 0 aliphatic carbocycles. The van der Waals surface area contributed by atoms with Gasteiger partial charge in [-0.3, -0.25) is 9.59 Å². The van der Waals surface area contributed by atoms with E-state index in [1.165, 1.54) is 6.42 Å². The third-order valence-corrected chi connectivity index (χ3v) is 4.72. The van der Waals surface area contributed by atoms with E-state index in [9.17, 15) is 9.59 Å². The highest BCUT2D eigenvalue weighted by atomic mass is 16.2. The van der Waals surface area contributed by atoms with E-state index in [1.807, 2.05) is 35.2 Å². The quantitative estimate of drug-likeness (QED) is 0.842. The van der Waals surface area contributed by atoms with Gasteiger partial charge in [-0.2, -0.15) is 0 Å². The molecular formula is C18H24N2O2. The molecule has 2 heterocycles. The van der Waals surface area contributed by atoms with Gasteiger partial charge in [0, 0.05) is 31.7 Å². The Morgan fingerprint density at radius 3 is 2.32 bits per heavy atom. The summed E-state index contributed by atoms with van der Waals surface area (Å²) in [5.41, 5.74) is 0.892. The number of carbonyl (C=O) groups is 2. The number of nitrogens with zero attached hydrogens (tertiary/aromatic N) is 2. The maximum atomic E-state index is 12.8. The maximum Gasteiger partial charge on any atom is 0.228 e. The third kappa shape index (κ3) is 3.01. The molecule has 2 fully saturated rings. The number of para-hydroxylation sites is 1. The van der Waals surface area contributed by atoms with E-state index >= 15 is 0 Å². The first-order valence-corrected chi connectivity index (χ1v) is 8.18. The van der Waals surface area contributed by atoms with Crippen molar-refractivity contribution in [1.82, 2.24) is 4.90 Å². The van der Waals surface area contributed by atoms with Gasteiger partial charge in [-0.25, -0.2) is 0 Å². The lowest BCUT2D eigenvalue weighted by Crippen LogP contribution is -2.45. The SMILES string of the molecule is CC1CC(C)CN(C(=O)C2CC(=O)N(c3ccccc3)C2)C1. The highest BCUT2D eigenvalue weighted by Gasteiger charge is 2.38. The van der Waals surface area contributed by atoms with Gasteiger partial charge in [0.2, 0.25) is 11.8 Å². The molecule has 0 saturated carbocycles. The van der Waals surface area contributed by atoms with E-state index in [-0.39, 0.29) is 17.7 Å². The summed E-state index contributed by atoms with van der Waals surface area (Å²) in [5.74, 6) is 1.13. The summed E-state index contributed by atoms with van der Waals surface area (Å²) in [6.45, 7) is 6.58. The van der Waals surface area contributed by atoms with Crippen LogP contribution in [0.1, 0.15) is 26.7 Å². The standard InChI is InChI=1S/C18H24N2O2/c1-13-8-14(2)11-19(10-13)18(22)15-9-17(21)20(12-15)16-6-4-3-5-7-16/h3-7,13-15H,8-12H2,1-2H3. The molecule has 0 spiro atoms. The predicted molar refractivity (Wildman–Crippen MR) is 86.4 cm³/mol. The smallest absolute Gasteiger partial charge is 0.228 e. The molecule has 2 saturated heterocycles. The number of amides is 2. The minimum Gasteiger partial charge on any atom is -0.342 e. The second kappa shape index (κ2) is 6.11. The van der Waals surface area contributed by atoms with Gasteiger partial charge in [0.25, 0.3) is 0 Å². The Labute approximate surface area is 132 Å². The number of rotatable bonds is 2. The van der Waals surface area contributed by atoms with Crippen LogP contribution in [0.5, 0.6) is 0 Å². The van der Waals surface area contributed by atoms with Crippen molar-refractivity contribution in [2.45, 2.75) is 26.7 Å². The molecule has 0 bridgehead atoms. The largest absolute Gasteiger partial charge is 0.342 e. The Kier molecular flexibility index (Phi) is 4.19. The lowest BCUT2D eigenvalue weighted by atomic mass is 9.91. The molecule has 3 atom stereocenters. The first-order chi connectivity index (χ1) is 10.5. The second-order valence-corrected chi connectivity index (χ2v) is 6.93. The van der Waals surface area contributed by atoms with Crippen LogP contribution in [-0.2, 0) is 9.59 Å². The first-order valence-electron chi connectivity index (χ1n) is 8.18. The molecule has 22 heavy (non-hydrogen) atoms. The van der Waals surface area contributed by atoms with Gasteiger partial charge in [-0.05, 0) is 30.4 Å². The molecule has 0 aromatic heterocycles. The first kappa shape index (κ1) is 15.1. The monoisotopic (exact) mass is 300 g/mol. The number of anilines is 1. The van der Waals surface area contributed by atoms with Crippen molar-refractivity contribution < 1.29 is 9.59 Å². The number of carbonyl (C=O) groups excluding carboxylic acids is 2. The normalized spacial score (nSPS) is 29.0. The van der Waals surface area contributed by atoms with Crippen molar-refractivity contribution in [2.75, 3.05) is 24.5 Å². The highest BCUT2D eigenvalue weighted by Crippen LogP contribution is 2.28. The lowest BCUT2D eigenvalue weighted by Gasteiger charge is -2.36. The Hall–Kier alpha value is -1.84. The van der Waals surface area contributed by atoms with E-state index in [0.29, 0.717) is 24.8 Å². The molecule has 4 nitrogen and oxygen atoms in total. The van der Waals surface area contributed by atoms with Crippen molar-refractivity contribution in [3.05, 3.63) is 30.3 Å². The van der Waals surface area contributed by atoms with Crippen LogP contribution >= 0.6 is 0 Å². The van der Waals surface area contributed by atoms with Crippen molar-refractivity contribution in [3.63, 3.8) is 0 Å². The van der Waals surface area contributed by atoms with Crippen LogP contribution < -0.4 is 4.90 Å². The summed E-state index contributed by atoms with van der Waals surface area (Å²) in [4.78, 5) is 28.7. The summed E-state index contributed by atoms with van der Waals surface area (Å²) < 4.78 is 0. The molecule has 3 rings (SSSR count). The van der Waals surface area contributed by atoms with Gasteiger partial charge >= 0.3 is 0 Å². The number of likely N-dealkylation sites (tertiary alicyclic amines) is 1. The van der Waals surface area contributed by atoms with E-state index < -0.39 is 0 Å². The van der Waals surface area contributed by atoms with Crippen molar-refractivity contribution >= 4 is 17.5 Å². The molecular weight excluding hydrogens is 276 g/mol. The summed E-state index contributed by atoms with van der Waals surface area (Å²) >= 11 is 0. The molecule has 2 amide bonds. The van der Waals surface area contributed by atoms with Crippen LogP contribution in [0, 0.1) is 17.8 Å². The zero-order valence-corrected chi connectivity index (χ0v) is 13.4. The molecule has 1 aromatic carbocycles. The Balaban J connectivity index is 1.69. The fourth-order valence-corrected chi connectivity index (χ4v) is 3.83. The zero-order valence-electron chi connectivity index (χ0n) is 13.4. The average Bonchev–Trinajstić information content (AvgIpc) is 2.88. The summed E-state index contributed by atoms with van der Waals surface area (Å²) in [6, 6.07) is 9.63. The molecule has 3 unspecified atom stereocenters. The van der Waals surface area contributed by atoms with Crippen molar-refractivity contribution in [3.8, 4) is 0 Å². The van der Waals surface area contributed by atoms with Crippen LogP contribution in [0.3, 0.4) is 0 Å². The van der Waals surface area contributed by atoms with Gasteiger partial charge < -0.3 is 9.80 Å². The minimum atomic E-state index is -0.190. The van der Waals surface area contributed by atoms with Gasteiger partial charge in [-0.15, -0.1) is 0 Å². The third-order valence-electron chi connectivity index (χ3n) is 4.72. The van der Waals surface area contributed by atoms with Gasteiger partial charge in [0.1, 0.15) is 0 Å². The average molecular weight is 300 g/mol. The van der Waals surface area contributed by atoms with Crippen molar-refractivity contribution in [2.24, 2.45) is 17.8 Å². The van der Waals surface area contributed by atoms with E-state index in [2.05, 4.69) is 13.8 Å². The molecule has 0 radical (unpaired) electrons. The molecule has 2 aliphatic heterocycles. The molecule has 118 valence electrons. The summed E-state index contributed by atoms with van der Waals surface area (Å²) in [7, 11) is 0. The minimum absolute atomic E-state index is 0.0580. The Morgan fingerprint density at radius 1 is 1.05 bits per heavy atom. The number of piperidine rings is 1.